The van der Waals surface area contributed by atoms with E-state index in [9.17, 15) is 4.79 Å². The van der Waals surface area contributed by atoms with Gasteiger partial charge in [-0.3, -0.25) is 4.79 Å². The number of carbonyl (C=O) groups is 1. The van der Waals surface area contributed by atoms with Gasteiger partial charge >= 0.3 is 5.97 Å². The second kappa shape index (κ2) is 5.19. The standard InChI is InChI=1S/C13H17NO3/c1-9-3-5-10(6-4-9)17-11-7-12(14-8-11)13(15)16-2/h3-6,11-12,14H,7-8H2,1-2H3/t11-,12+/m1/s1. The first-order valence-electron chi connectivity index (χ1n) is 5.73. The zero-order chi connectivity index (χ0) is 12.3. The molecule has 2 rings (SSSR count). The number of rotatable bonds is 3. The van der Waals surface area contributed by atoms with E-state index in [1.54, 1.807) is 0 Å². The van der Waals surface area contributed by atoms with E-state index in [0.717, 1.165) is 5.75 Å². The van der Waals surface area contributed by atoms with Gasteiger partial charge in [-0.2, -0.15) is 0 Å². The van der Waals surface area contributed by atoms with Gasteiger partial charge < -0.3 is 14.8 Å². The smallest absolute Gasteiger partial charge is 0.323 e. The largest absolute Gasteiger partial charge is 0.489 e. The maximum atomic E-state index is 11.3. The third kappa shape index (κ3) is 2.97. The third-order valence-electron chi connectivity index (χ3n) is 2.90. The van der Waals surface area contributed by atoms with Crippen molar-refractivity contribution in [3.8, 4) is 5.75 Å². The van der Waals surface area contributed by atoms with Crippen LogP contribution in [0.3, 0.4) is 0 Å². The zero-order valence-electron chi connectivity index (χ0n) is 10.1. The highest BCUT2D eigenvalue weighted by molar-refractivity contribution is 5.76. The quantitative estimate of drug-likeness (QED) is 0.802. The van der Waals surface area contributed by atoms with Gasteiger partial charge in [0.1, 0.15) is 17.9 Å². The van der Waals surface area contributed by atoms with E-state index in [1.165, 1.54) is 12.7 Å². The molecule has 0 amide bonds. The van der Waals surface area contributed by atoms with E-state index in [4.69, 9.17) is 9.47 Å². The molecule has 1 heterocycles. The molecule has 0 aliphatic carbocycles. The number of hydrogen-bond acceptors (Lipinski definition) is 4. The molecule has 1 aromatic carbocycles. The molecule has 92 valence electrons. The number of esters is 1. The predicted octanol–water partition coefficient (Wildman–Crippen LogP) is 1.28. The van der Waals surface area contributed by atoms with E-state index < -0.39 is 0 Å². The zero-order valence-corrected chi connectivity index (χ0v) is 10.1. The Balaban J connectivity index is 1.89. The lowest BCUT2D eigenvalue weighted by atomic mass is 10.2. The Morgan fingerprint density at radius 2 is 2.06 bits per heavy atom. The van der Waals surface area contributed by atoms with E-state index in [0.29, 0.717) is 13.0 Å². The molecule has 0 unspecified atom stereocenters. The number of aryl methyl sites for hydroxylation is 1. The van der Waals surface area contributed by atoms with Crippen molar-refractivity contribution in [2.45, 2.75) is 25.5 Å². The summed E-state index contributed by atoms with van der Waals surface area (Å²) >= 11 is 0. The second-order valence-electron chi connectivity index (χ2n) is 4.27. The maximum Gasteiger partial charge on any atom is 0.323 e. The van der Waals surface area contributed by atoms with Crippen molar-refractivity contribution in [3.05, 3.63) is 29.8 Å². The fraction of sp³-hybridized carbons (Fsp3) is 0.462. The molecule has 1 N–H and O–H groups in total. The molecule has 0 saturated carbocycles. The minimum absolute atomic E-state index is 0.0295. The van der Waals surface area contributed by atoms with E-state index >= 15 is 0 Å². The number of hydrogen-bond donors (Lipinski definition) is 1. The summed E-state index contributed by atoms with van der Waals surface area (Å²) in [6.07, 6.45) is 0.683. The van der Waals surface area contributed by atoms with Gasteiger partial charge in [-0.15, -0.1) is 0 Å². The summed E-state index contributed by atoms with van der Waals surface area (Å²) in [4.78, 5) is 11.3. The molecule has 1 aromatic rings. The fourth-order valence-electron chi connectivity index (χ4n) is 1.92. The summed E-state index contributed by atoms with van der Waals surface area (Å²) in [7, 11) is 1.40. The Hall–Kier alpha value is -1.55. The average molecular weight is 235 g/mol. The van der Waals surface area contributed by atoms with Crippen LogP contribution in [0.1, 0.15) is 12.0 Å². The van der Waals surface area contributed by atoms with Crippen molar-refractivity contribution in [1.29, 1.82) is 0 Å². The highest BCUT2D eigenvalue weighted by Gasteiger charge is 2.31. The monoisotopic (exact) mass is 235 g/mol. The van der Waals surface area contributed by atoms with Gasteiger partial charge in [-0.25, -0.2) is 0 Å². The van der Waals surface area contributed by atoms with Crippen LogP contribution >= 0.6 is 0 Å². The Labute approximate surface area is 101 Å². The fourth-order valence-corrected chi connectivity index (χ4v) is 1.92. The molecular formula is C13H17NO3. The molecule has 1 aliphatic rings. The summed E-state index contributed by atoms with van der Waals surface area (Å²) in [5.41, 5.74) is 1.20. The lowest BCUT2D eigenvalue weighted by molar-refractivity contribution is -0.142. The van der Waals surface area contributed by atoms with Crippen molar-refractivity contribution in [1.82, 2.24) is 5.32 Å². The first-order valence-corrected chi connectivity index (χ1v) is 5.73. The molecule has 1 saturated heterocycles. The first kappa shape index (κ1) is 11.9. The maximum absolute atomic E-state index is 11.3. The van der Waals surface area contributed by atoms with Crippen LogP contribution in [-0.2, 0) is 9.53 Å². The molecule has 0 aromatic heterocycles. The summed E-state index contributed by atoms with van der Waals surface area (Å²) in [6.45, 7) is 2.71. The molecule has 0 radical (unpaired) electrons. The van der Waals surface area contributed by atoms with Crippen LogP contribution in [0.2, 0.25) is 0 Å². The summed E-state index contributed by atoms with van der Waals surface area (Å²) in [5, 5.41) is 3.09. The molecule has 4 heteroatoms. The number of methoxy groups -OCH3 is 1. The first-order chi connectivity index (χ1) is 8.19. The van der Waals surface area contributed by atoms with Crippen LogP contribution in [-0.4, -0.2) is 31.8 Å². The molecule has 0 bridgehead atoms. The van der Waals surface area contributed by atoms with Gasteiger partial charge in [0.2, 0.25) is 0 Å². The van der Waals surface area contributed by atoms with Crippen molar-refractivity contribution in [2.24, 2.45) is 0 Å². The lowest BCUT2D eigenvalue weighted by Gasteiger charge is -2.12. The predicted molar refractivity (Wildman–Crippen MR) is 64.0 cm³/mol. The van der Waals surface area contributed by atoms with Crippen molar-refractivity contribution >= 4 is 5.97 Å². The van der Waals surface area contributed by atoms with Crippen LogP contribution in [0.25, 0.3) is 0 Å². The minimum atomic E-state index is -0.240. The van der Waals surface area contributed by atoms with Crippen LogP contribution in [0, 0.1) is 6.92 Å². The Kier molecular flexibility index (Phi) is 3.64. The van der Waals surface area contributed by atoms with Crippen LogP contribution in [0.15, 0.2) is 24.3 Å². The molecule has 4 nitrogen and oxygen atoms in total. The van der Waals surface area contributed by atoms with Crippen LogP contribution in [0.4, 0.5) is 0 Å². The minimum Gasteiger partial charge on any atom is -0.489 e. The highest BCUT2D eigenvalue weighted by atomic mass is 16.5. The van der Waals surface area contributed by atoms with Gasteiger partial charge in [0, 0.05) is 13.0 Å². The third-order valence-corrected chi connectivity index (χ3v) is 2.90. The van der Waals surface area contributed by atoms with Crippen molar-refractivity contribution < 1.29 is 14.3 Å². The molecule has 0 spiro atoms. The molecular weight excluding hydrogens is 218 g/mol. The van der Waals surface area contributed by atoms with Gasteiger partial charge in [-0.05, 0) is 19.1 Å². The number of carbonyl (C=O) groups excluding carboxylic acids is 1. The summed E-state index contributed by atoms with van der Waals surface area (Å²) in [5.74, 6) is 0.618. The van der Waals surface area contributed by atoms with E-state index in [2.05, 4.69) is 5.32 Å². The highest BCUT2D eigenvalue weighted by Crippen LogP contribution is 2.18. The van der Waals surface area contributed by atoms with Gasteiger partial charge in [-0.1, -0.05) is 17.7 Å². The molecule has 1 fully saturated rings. The second-order valence-corrected chi connectivity index (χ2v) is 4.27. The molecule has 2 atom stereocenters. The van der Waals surface area contributed by atoms with Gasteiger partial charge in [0.05, 0.1) is 7.11 Å². The Morgan fingerprint density at radius 1 is 1.35 bits per heavy atom. The van der Waals surface area contributed by atoms with Crippen LogP contribution in [0.5, 0.6) is 5.75 Å². The molecule has 17 heavy (non-hydrogen) atoms. The number of ether oxygens (including phenoxy) is 2. The van der Waals surface area contributed by atoms with Gasteiger partial charge in [0.15, 0.2) is 0 Å². The van der Waals surface area contributed by atoms with E-state index in [-0.39, 0.29) is 18.1 Å². The summed E-state index contributed by atoms with van der Waals surface area (Å²) < 4.78 is 10.5. The van der Waals surface area contributed by atoms with Gasteiger partial charge in [0.25, 0.3) is 0 Å². The topological polar surface area (TPSA) is 47.6 Å². The average Bonchev–Trinajstić information content (AvgIpc) is 2.80. The Morgan fingerprint density at radius 3 is 2.71 bits per heavy atom. The normalized spacial score (nSPS) is 23.4. The van der Waals surface area contributed by atoms with Crippen molar-refractivity contribution in [2.75, 3.05) is 13.7 Å². The SMILES string of the molecule is COC(=O)[C@@H]1C[C@@H](Oc2ccc(C)cc2)CN1. The lowest BCUT2D eigenvalue weighted by Crippen LogP contribution is -2.31. The number of nitrogens with one attached hydrogen (secondary N) is 1. The Bertz CT molecular complexity index is 388. The molecule has 1 aliphatic heterocycles. The number of benzene rings is 1. The van der Waals surface area contributed by atoms with Crippen LogP contribution < -0.4 is 10.1 Å². The summed E-state index contributed by atoms with van der Waals surface area (Å²) in [6, 6.07) is 7.67. The van der Waals surface area contributed by atoms with Crippen molar-refractivity contribution in [3.63, 3.8) is 0 Å². The van der Waals surface area contributed by atoms with E-state index in [1.807, 2.05) is 31.2 Å².